The van der Waals surface area contributed by atoms with Crippen molar-refractivity contribution < 1.29 is 0 Å². The summed E-state index contributed by atoms with van der Waals surface area (Å²) >= 11 is 0. The van der Waals surface area contributed by atoms with E-state index in [2.05, 4.69) is 122 Å². The number of benzene rings is 6. The number of aliphatic imine (C=N–C) groups is 2. The number of rotatable bonds is 8. The van der Waals surface area contributed by atoms with Crippen LogP contribution in [0.25, 0.3) is 61.5 Å². The third-order valence-electron chi connectivity index (χ3n) is 9.87. The van der Waals surface area contributed by atoms with Gasteiger partial charge < -0.3 is 0 Å². The van der Waals surface area contributed by atoms with E-state index in [0.29, 0.717) is 17.4 Å². The number of nitrogens with zero attached hydrogens (tertiary/aromatic N) is 4. The Labute approximate surface area is 329 Å². The molecule has 1 heterocycles. The van der Waals surface area contributed by atoms with Crippen LogP contribution in [0.4, 0.5) is 0 Å². The lowest BCUT2D eigenvalue weighted by Gasteiger charge is -2.13. The van der Waals surface area contributed by atoms with E-state index >= 15 is 0 Å². The molecule has 0 spiro atoms. The van der Waals surface area contributed by atoms with Gasteiger partial charge in [-0.1, -0.05) is 164 Å². The number of para-hydroxylation sites is 1. The maximum atomic E-state index is 5.06. The molecule has 0 saturated carbocycles. The van der Waals surface area contributed by atoms with Crippen molar-refractivity contribution in [2.75, 3.05) is 0 Å². The largest absolute Gasteiger partial charge is 0.233 e. The van der Waals surface area contributed by atoms with Crippen molar-refractivity contribution in [3.8, 4) is 56.7 Å². The smallest absolute Gasteiger partial charge is 0.160 e. The first kappa shape index (κ1) is 35.8. The Morgan fingerprint density at radius 2 is 1.32 bits per heavy atom. The maximum Gasteiger partial charge on any atom is 0.160 e. The van der Waals surface area contributed by atoms with Crippen LogP contribution in [-0.2, 0) is 0 Å². The number of amidine groups is 1. The molecular formula is C52H40N4. The minimum Gasteiger partial charge on any atom is -0.233 e. The molecule has 1 aromatic heterocycles. The first-order valence-corrected chi connectivity index (χ1v) is 18.9. The van der Waals surface area contributed by atoms with Crippen LogP contribution in [0.2, 0.25) is 0 Å². The van der Waals surface area contributed by atoms with Gasteiger partial charge in [-0.3, -0.25) is 0 Å². The van der Waals surface area contributed by atoms with E-state index in [1.165, 1.54) is 0 Å². The van der Waals surface area contributed by atoms with Crippen LogP contribution in [0, 0.1) is 11.8 Å². The molecule has 0 N–H and O–H groups in total. The summed E-state index contributed by atoms with van der Waals surface area (Å²) in [5, 5.41) is 1.02. The molecule has 1 aliphatic carbocycles. The number of aromatic nitrogens is 2. The van der Waals surface area contributed by atoms with Gasteiger partial charge in [-0.2, -0.15) is 0 Å². The molecule has 0 fully saturated rings. The van der Waals surface area contributed by atoms with Gasteiger partial charge in [0.25, 0.3) is 0 Å². The molecule has 0 atom stereocenters. The minimum absolute atomic E-state index is 0.651. The Morgan fingerprint density at radius 3 is 2.09 bits per heavy atom. The van der Waals surface area contributed by atoms with Crippen molar-refractivity contribution in [1.82, 2.24) is 9.97 Å². The van der Waals surface area contributed by atoms with Gasteiger partial charge in [-0.25, -0.2) is 20.0 Å². The van der Waals surface area contributed by atoms with Crippen LogP contribution < -0.4 is 0 Å². The molecule has 4 nitrogen and oxygen atoms in total. The molecule has 0 bridgehead atoms. The second-order valence-corrected chi connectivity index (χ2v) is 13.7. The average Bonchev–Trinajstić information content (AvgIpc) is 3.27. The summed E-state index contributed by atoms with van der Waals surface area (Å²) in [6.07, 6.45) is 8.47. The summed E-state index contributed by atoms with van der Waals surface area (Å²) in [7, 11) is 0. The van der Waals surface area contributed by atoms with E-state index in [4.69, 9.17) is 20.0 Å². The lowest BCUT2D eigenvalue weighted by Crippen LogP contribution is -2.05. The Morgan fingerprint density at radius 1 is 0.625 bits per heavy atom. The lowest BCUT2D eigenvalue weighted by atomic mass is 9.93. The van der Waals surface area contributed by atoms with Crippen molar-refractivity contribution in [3.63, 3.8) is 0 Å². The molecule has 4 heteroatoms. The molecule has 7 aromatic rings. The fraction of sp³-hybridized carbons (Fsp3) is 0.0769. The van der Waals surface area contributed by atoms with Gasteiger partial charge in [0.1, 0.15) is 0 Å². The number of hydrogen-bond donors (Lipinski definition) is 0. The van der Waals surface area contributed by atoms with Crippen molar-refractivity contribution in [1.29, 1.82) is 0 Å². The third-order valence-corrected chi connectivity index (χ3v) is 9.87. The van der Waals surface area contributed by atoms with Crippen molar-refractivity contribution in [2.45, 2.75) is 26.7 Å². The monoisotopic (exact) mass is 720 g/mol. The van der Waals surface area contributed by atoms with Gasteiger partial charge in [0.15, 0.2) is 11.7 Å². The quantitative estimate of drug-likeness (QED) is 0.0891. The molecule has 0 saturated heterocycles. The molecule has 0 amide bonds. The zero-order valence-electron chi connectivity index (χ0n) is 31.6. The summed E-state index contributed by atoms with van der Waals surface area (Å²) in [6, 6.07) is 52.0. The van der Waals surface area contributed by atoms with E-state index in [-0.39, 0.29) is 0 Å². The summed E-state index contributed by atoms with van der Waals surface area (Å²) in [6.45, 7) is 8.31. The predicted molar refractivity (Wildman–Crippen MR) is 235 cm³/mol. The van der Waals surface area contributed by atoms with E-state index in [1.807, 2.05) is 80.6 Å². The fourth-order valence-corrected chi connectivity index (χ4v) is 6.94. The summed E-state index contributed by atoms with van der Waals surface area (Å²) in [5.74, 6) is 7.89. The number of fused-ring (bicyclic) bond motifs is 1. The summed E-state index contributed by atoms with van der Waals surface area (Å²) < 4.78 is 0. The molecule has 0 radical (unpaired) electrons. The molecule has 268 valence electrons. The zero-order chi connectivity index (χ0) is 38.3. The van der Waals surface area contributed by atoms with E-state index < -0.39 is 0 Å². The highest BCUT2D eigenvalue weighted by atomic mass is 14.9. The second-order valence-electron chi connectivity index (χ2n) is 13.7. The van der Waals surface area contributed by atoms with Crippen LogP contribution in [0.5, 0.6) is 0 Å². The molecule has 0 aliphatic heterocycles. The molecule has 8 rings (SSSR count). The zero-order valence-corrected chi connectivity index (χ0v) is 31.6. The standard InChI is InChI=1S/C52H40N4/c1-4-17-45-35-44(39-28-30-40(31-29-39)50-48-26-14-15-27-49(48)55-52(56-50)42-22-12-7-13-23-42)32-33-47(45)46-25-16-24-43(34-46)37(3)54-51(41-20-10-6-11-21-41)53-36(2)38-18-8-5-9-19-38/h5,7-10,12-16,18-35H,3,6,11H2,1-2H3/b53-36+,54-51-. The van der Waals surface area contributed by atoms with Crippen LogP contribution in [0.15, 0.2) is 192 Å². The predicted octanol–water partition coefficient (Wildman–Crippen LogP) is 12.8. The highest BCUT2D eigenvalue weighted by Crippen LogP contribution is 2.34. The van der Waals surface area contributed by atoms with Crippen LogP contribution in [0.3, 0.4) is 0 Å². The minimum atomic E-state index is 0.651. The molecular weight excluding hydrogens is 681 g/mol. The highest BCUT2D eigenvalue weighted by molar-refractivity contribution is 6.13. The SMILES string of the molecule is C=C(/N=C(\N=C(/C)c1ccccc1)C1=CCCC=C1)c1cccc(-c2ccc(-c3ccc(-c4nc(-c5ccccc5)nc5ccccc45)cc3)cc2C#CC)c1. The van der Waals surface area contributed by atoms with Gasteiger partial charge in [-0.15, -0.1) is 5.92 Å². The summed E-state index contributed by atoms with van der Waals surface area (Å²) in [4.78, 5) is 20.0. The van der Waals surface area contributed by atoms with Crippen molar-refractivity contribution >= 4 is 28.1 Å². The first-order valence-electron chi connectivity index (χ1n) is 18.9. The maximum absolute atomic E-state index is 5.06. The highest BCUT2D eigenvalue weighted by Gasteiger charge is 2.14. The first-order chi connectivity index (χ1) is 27.5. The van der Waals surface area contributed by atoms with Crippen molar-refractivity contribution in [2.24, 2.45) is 9.98 Å². The number of allylic oxidation sites excluding steroid dienone is 2. The molecule has 6 aromatic carbocycles. The van der Waals surface area contributed by atoms with Gasteiger partial charge in [0, 0.05) is 38.9 Å². The van der Waals surface area contributed by atoms with Crippen LogP contribution >= 0.6 is 0 Å². The van der Waals surface area contributed by atoms with E-state index in [9.17, 15) is 0 Å². The lowest BCUT2D eigenvalue weighted by molar-refractivity contribution is 1.03. The third kappa shape index (κ3) is 7.85. The molecule has 56 heavy (non-hydrogen) atoms. The second kappa shape index (κ2) is 16.4. The Bertz CT molecular complexity index is 2760. The van der Waals surface area contributed by atoms with E-state index in [1.54, 1.807) is 0 Å². The normalized spacial score (nSPS) is 12.9. The average molecular weight is 721 g/mol. The van der Waals surface area contributed by atoms with Crippen LogP contribution in [-0.4, -0.2) is 21.5 Å². The Kier molecular flexibility index (Phi) is 10.5. The van der Waals surface area contributed by atoms with Gasteiger partial charge in [0.05, 0.1) is 16.9 Å². The molecule has 1 aliphatic rings. The van der Waals surface area contributed by atoms with E-state index in [0.717, 1.165) is 90.8 Å². The molecule has 0 unspecified atom stereocenters. The van der Waals surface area contributed by atoms with Crippen LogP contribution in [0.1, 0.15) is 43.4 Å². The van der Waals surface area contributed by atoms with Crippen molar-refractivity contribution in [3.05, 3.63) is 199 Å². The van der Waals surface area contributed by atoms with Gasteiger partial charge in [0.2, 0.25) is 0 Å². The van der Waals surface area contributed by atoms with Gasteiger partial charge in [-0.05, 0) is 72.7 Å². The fourth-order valence-electron chi connectivity index (χ4n) is 6.94. The summed E-state index contributed by atoms with van der Waals surface area (Å²) in [5.41, 5.74) is 13.7. The van der Waals surface area contributed by atoms with Gasteiger partial charge >= 0.3 is 0 Å². The Balaban J connectivity index is 1.10. The topological polar surface area (TPSA) is 50.5 Å². The Hall–Kier alpha value is -7.22. The number of hydrogen-bond acceptors (Lipinski definition) is 3.